The number of hydrogen-bond donors (Lipinski definition) is 0. The minimum atomic E-state index is -0.554. The highest BCUT2D eigenvalue weighted by molar-refractivity contribution is 7.13. The average molecular weight is 217 g/mol. The van der Waals surface area contributed by atoms with Crippen molar-refractivity contribution in [2.24, 2.45) is 5.92 Å². The third kappa shape index (κ3) is 2.31. The third-order valence-corrected chi connectivity index (χ3v) is 3.21. The van der Waals surface area contributed by atoms with Gasteiger partial charge in [0.15, 0.2) is 5.78 Å². The molecule has 0 N–H and O–H groups in total. The number of esters is 1. The van der Waals surface area contributed by atoms with Crippen LogP contribution < -0.4 is 0 Å². The highest BCUT2D eigenvalue weighted by Gasteiger charge is 2.37. The summed E-state index contributed by atoms with van der Waals surface area (Å²) in [7, 11) is 2.50. The second-order valence-corrected chi connectivity index (χ2v) is 4.07. The van der Waals surface area contributed by atoms with Crippen LogP contribution in [0.5, 0.6) is 0 Å². The number of ether oxygens (including phenoxy) is 1. The van der Waals surface area contributed by atoms with E-state index < -0.39 is 5.92 Å². The lowest BCUT2D eigenvalue weighted by atomic mass is 9.92. The fourth-order valence-corrected chi connectivity index (χ4v) is 1.84. The Kier molecular flexibility index (Phi) is 4.02. The summed E-state index contributed by atoms with van der Waals surface area (Å²) in [6.45, 7) is 4.62. The van der Waals surface area contributed by atoms with Gasteiger partial charge in [-0.2, -0.15) is 0 Å². The molecule has 4 nitrogen and oxygen atoms in total. The van der Waals surface area contributed by atoms with Gasteiger partial charge in [0, 0.05) is 6.54 Å². The summed E-state index contributed by atoms with van der Waals surface area (Å²) in [5.41, 5.74) is 0. The highest BCUT2D eigenvalue weighted by Crippen LogP contribution is 2.23. The average Bonchev–Trinajstić information content (AvgIpc) is 2.15. The minimum absolute atomic E-state index is 0.0373. The number of carbonyl (C=O) groups excluding carboxylic acids is 2. The Labute approximate surface area is 86.2 Å². The van der Waals surface area contributed by atoms with Gasteiger partial charge in [0.05, 0.1) is 12.6 Å². The first-order chi connectivity index (χ1) is 6.57. The van der Waals surface area contributed by atoms with Crippen LogP contribution in [-0.2, 0) is 14.3 Å². The number of rotatable bonds is 2. The number of ketones is 1. The highest BCUT2D eigenvalue weighted by atomic mass is 31.0. The molecule has 0 aliphatic carbocycles. The van der Waals surface area contributed by atoms with Gasteiger partial charge in [-0.05, 0) is 20.3 Å². The van der Waals surface area contributed by atoms with Crippen LogP contribution in [0.3, 0.4) is 0 Å². The van der Waals surface area contributed by atoms with Crippen LogP contribution >= 0.6 is 9.39 Å². The Balaban J connectivity index is 2.63. The summed E-state index contributed by atoms with van der Waals surface area (Å²) in [5.74, 6) is -0.964. The zero-order chi connectivity index (χ0) is 10.7. The monoisotopic (exact) mass is 217 g/mol. The maximum absolute atomic E-state index is 11.7. The van der Waals surface area contributed by atoms with Gasteiger partial charge in [0.25, 0.3) is 0 Å². The molecular formula is C9H16NO3P. The predicted molar refractivity (Wildman–Crippen MR) is 55.6 cm³/mol. The molecule has 1 rings (SSSR count). The smallest absolute Gasteiger partial charge is 0.316 e. The molecule has 1 saturated heterocycles. The quantitative estimate of drug-likeness (QED) is 0.386. The molecule has 0 radical (unpaired) electrons. The lowest BCUT2D eigenvalue weighted by Gasteiger charge is -2.31. The standard InChI is InChI=1S/C9H16NO3P/c1-3-13-9(12)7-4-5-10(14)6(2)8(7)11/h6-7H,3-5,14H2,1-2H3. The van der Waals surface area contributed by atoms with E-state index in [1.165, 1.54) is 0 Å². The van der Waals surface area contributed by atoms with Crippen molar-refractivity contribution >= 4 is 21.1 Å². The summed E-state index contributed by atoms with van der Waals surface area (Å²) in [6.07, 6.45) is 0.561. The van der Waals surface area contributed by atoms with Crippen LogP contribution in [0.4, 0.5) is 0 Å². The van der Waals surface area contributed by atoms with Crippen molar-refractivity contribution in [1.82, 2.24) is 4.67 Å². The van der Waals surface area contributed by atoms with Gasteiger partial charge >= 0.3 is 5.97 Å². The van der Waals surface area contributed by atoms with Gasteiger partial charge < -0.3 is 4.74 Å². The zero-order valence-corrected chi connectivity index (χ0v) is 9.68. The number of carbonyl (C=O) groups is 2. The molecule has 1 fully saturated rings. The van der Waals surface area contributed by atoms with Crippen molar-refractivity contribution in [3.63, 3.8) is 0 Å². The zero-order valence-electron chi connectivity index (χ0n) is 8.53. The van der Waals surface area contributed by atoms with E-state index in [1.807, 2.05) is 4.67 Å². The Morgan fingerprint density at radius 2 is 2.36 bits per heavy atom. The number of piperidine rings is 1. The minimum Gasteiger partial charge on any atom is -0.465 e. The van der Waals surface area contributed by atoms with Crippen LogP contribution in [0.2, 0.25) is 0 Å². The molecule has 0 spiro atoms. The third-order valence-electron chi connectivity index (χ3n) is 2.50. The van der Waals surface area contributed by atoms with E-state index in [0.717, 1.165) is 6.54 Å². The van der Waals surface area contributed by atoms with Gasteiger partial charge in [-0.25, -0.2) is 0 Å². The fraction of sp³-hybridized carbons (Fsp3) is 0.778. The molecule has 0 amide bonds. The Morgan fingerprint density at radius 1 is 1.71 bits per heavy atom. The maximum atomic E-state index is 11.7. The molecule has 14 heavy (non-hydrogen) atoms. The summed E-state index contributed by atoms with van der Waals surface area (Å²) >= 11 is 0. The molecule has 1 heterocycles. The Hall–Kier alpha value is -0.470. The van der Waals surface area contributed by atoms with E-state index >= 15 is 0 Å². The fourth-order valence-electron chi connectivity index (χ4n) is 1.55. The Bertz CT molecular complexity index is 244. The SMILES string of the molecule is CCOC(=O)C1CCN(P)C(C)C1=O. The van der Waals surface area contributed by atoms with Gasteiger partial charge in [-0.1, -0.05) is 9.39 Å². The first kappa shape index (κ1) is 11.6. The molecule has 0 saturated carbocycles. The predicted octanol–water partition coefficient (Wildman–Crippen LogP) is 0.619. The van der Waals surface area contributed by atoms with Gasteiger partial charge in [0.2, 0.25) is 0 Å². The second kappa shape index (κ2) is 4.85. The molecule has 3 atom stereocenters. The lowest BCUT2D eigenvalue weighted by molar-refractivity contribution is -0.154. The molecule has 0 bridgehead atoms. The van der Waals surface area contributed by atoms with Crippen LogP contribution in [0, 0.1) is 5.92 Å². The van der Waals surface area contributed by atoms with Gasteiger partial charge in [-0.3, -0.25) is 14.3 Å². The number of hydrogen-bond acceptors (Lipinski definition) is 4. The first-order valence-corrected chi connectivity index (χ1v) is 5.31. The first-order valence-electron chi connectivity index (χ1n) is 4.79. The number of nitrogens with zero attached hydrogens (tertiary/aromatic N) is 1. The van der Waals surface area contributed by atoms with Crippen LogP contribution in [0.1, 0.15) is 20.3 Å². The van der Waals surface area contributed by atoms with Crippen LogP contribution in [-0.4, -0.2) is 35.6 Å². The molecule has 5 heteroatoms. The summed E-state index contributed by atoms with van der Waals surface area (Å²) in [6, 6.07) is -0.205. The van der Waals surface area contributed by atoms with Crippen molar-refractivity contribution in [1.29, 1.82) is 0 Å². The topological polar surface area (TPSA) is 46.6 Å². The van der Waals surface area contributed by atoms with Gasteiger partial charge in [-0.15, -0.1) is 0 Å². The molecule has 1 aliphatic rings. The van der Waals surface area contributed by atoms with Crippen molar-refractivity contribution in [2.45, 2.75) is 26.3 Å². The molecule has 0 aromatic carbocycles. The van der Waals surface area contributed by atoms with Crippen molar-refractivity contribution < 1.29 is 14.3 Å². The Morgan fingerprint density at radius 3 is 2.93 bits per heavy atom. The summed E-state index contributed by atoms with van der Waals surface area (Å²) in [5, 5.41) is 0. The molecule has 0 aromatic heterocycles. The molecule has 80 valence electrons. The van der Waals surface area contributed by atoms with E-state index in [4.69, 9.17) is 4.74 Å². The largest absolute Gasteiger partial charge is 0.465 e. The van der Waals surface area contributed by atoms with Crippen molar-refractivity contribution in [3.8, 4) is 0 Å². The summed E-state index contributed by atoms with van der Waals surface area (Å²) in [4.78, 5) is 23.1. The van der Waals surface area contributed by atoms with Crippen molar-refractivity contribution in [3.05, 3.63) is 0 Å². The second-order valence-electron chi connectivity index (χ2n) is 3.41. The van der Waals surface area contributed by atoms with Crippen molar-refractivity contribution in [2.75, 3.05) is 13.2 Å². The number of Topliss-reactive ketones (excluding diaryl/α,β-unsaturated/α-hetero) is 1. The lowest BCUT2D eigenvalue weighted by Crippen LogP contribution is -2.46. The van der Waals surface area contributed by atoms with Crippen LogP contribution in [0.15, 0.2) is 0 Å². The van der Waals surface area contributed by atoms with Gasteiger partial charge in [0.1, 0.15) is 5.92 Å². The molecule has 1 aliphatic heterocycles. The molecule has 0 aromatic rings. The van der Waals surface area contributed by atoms with E-state index in [-0.39, 0.29) is 17.8 Å². The van der Waals surface area contributed by atoms with Crippen LogP contribution in [0.25, 0.3) is 0 Å². The molecular weight excluding hydrogens is 201 g/mol. The normalized spacial score (nSPS) is 28.9. The van der Waals surface area contributed by atoms with E-state index in [2.05, 4.69) is 9.39 Å². The molecule has 3 unspecified atom stereocenters. The summed E-state index contributed by atoms with van der Waals surface area (Å²) < 4.78 is 6.72. The van der Waals surface area contributed by atoms with E-state index in [0.29, 0.717) is 13.0 Å². The maximum Gasteiger partial charge on any atom is 0.316 e. The van der Waals surface area contributed by atoms with E-state index in [9.17, 15) is 9.59 Å². The van der Waals surface area contributed by atoms with E-state index in [1.54, 1.807) is 13.8 Å².